The van der Waals surface area contributed by atoms with Crippen LogP contribution < -0.4 is 0 Å². The van der Waals surface area contributed by atoms with E-state index in [1.54, 1.807) is 0 Å². The largest absolute Gasteiger partial charge is 0.0856 e. The summed E-state index contributed by atoms with van der Waals surface area (Å²) in [7, 11) is 0. The van der Waals surface area contributed by atoms with Gasteiger partial charge in [-0.05, 0) is 17.9 Å². The smallest absolute Gasteiger partial charge is 0.00974 e. The minimum absolute atomic E-state index is 0.661. The van der Waals surface area contributed by atoms with Crippen LogP contribution in [0.2, 0.25) is 0 Å². The van der Waals surface area contributed by atoms with Crippen molar-refractivity contribution < 1.29 is 0 Å². The highest BCUT2D eigenvalue weighted by Crippen LogP contribution is 2.01. The second-order valence-electron chi connectivity index (χ2n) is 3.36. The molecule has 64 valence electrons. The molecule has 0 atom stereocenters. The van der Waals surface area contributed by atoms with E-state index in [0.717, 1.165) is 6.42 Å². The summed E-state index contributed by atoms with van der Waals surface area (Å²) in [4.78, 5) is 0. The molecular weight excluding hydrogens is 144 g/mol. The Morgan fingerprint density at radius 2 is 1.83 bits per heavy atom. The molecule has 0 amide bonds. The van der Waals surface area contributed by atoms with E-state index in [-0.39, 0.29) is 0 Å². The third-order valence-electron chi connectivity index (χ3n) is 1.72. The summed E-state index contributed by atoms with van der Waals surface area (Å²) in [5.41, 5.74) is 1.38. The van der Waals surface area contributed by atoms with E-state index < -0.39 is 0 Å². The molecule has 0 heterocycles. The fourth-order valence-corrected chi connectivity index (χ4v) is 1.09. The van der Waals surface area contributed by atoms with Crippen molar-refractivity contribution in [3.63, 3.8) is 0 Å². The van der Waals surface area contributed by atoms with Gasteiger partial charge in [-0.15, -0.1) is 0 Å². The third kappa shape index (κ3) is 3.38. The summed E-state index contributed by atoms with van der Waals surface area (Å²) in [6, 6.07) is 10.5. The van der Waals surface area contributed by atoms with Crippen molar-refractivity contribution in [1.29, 1.82) is 0 Å². The number of hydrogen-bond donors (Lipinski definition) is 0. The predicted molar refractivity (Wildman–Crippen MR) is 54.1 cm³/mol. The molecule has 0 aromatic heterocycles. The Morgan fingerprint density at radius 3 is 2.42 bits per heavy atom. The Balaban J connectivity index is 2.43. The molecule has 0 saturated heterocycles. The van der Waals surface area contributed by atoms with Crippen LogP contribution in [0.15, 0.2) is 42.5 Å². The average molecular weight is 160 g/mol. The first-order chi connectivity index (χ1) is 5.79. The minimum Gasteiger partial charge on any atom is -0.0856 e. The summed E-state index contributed by atoms with van der Waals surface area (Å²) in [6.45, 7) is 4.39. The van der Waals surface area contributed by atoms with Gasteiger partial charge in [-0.2, -0.15) is 0 Å². The highest BCUT2D eigenvalue weighted by molar-refractivity contribution is 5.17. The molecule has 0 N–H and O–H groups in total. The molecule has 12 heavy (non-hydrogen) atoms. The van der Waals surface area contributed by atoms with Crippen LogP contribution in [-0.2, 0) is 6.42 Å². The summed E-state index contributed by atoms with van der Waals surface area (Å²) < 4.78 is 0. The van der Waals surface area contributed by atoms with Crippen molar-refractivity contribution in [2.24, 2.45) is 5.92 Å². The van der Waals surface area contributed by atoms with E-state index in [9.17, 15) is 0 Å². The monoisotopic (exact) mass is 160 g/mol. The second-order valence-corrected chi connectivity index (χ2v) is 3.36. The van der Waals surface area contributed by atoms with Crippen molar-refractivity contribution in [2.45, 2.75) is 20.3 Å². The third-order valence-corrected chi connectivity index (χ3v) is 1.72. The summed E-state index contributed by atoms with van der Waals surface area (Å²) >= 11 is 0. The topological polar surface area (TPSA) is 0 Å². The quantitative estimate of drug-likeness (QED) is 0.594. The number of allylic oxidation sites excluding steroid dienone is 2. The van der Waals surface area contributed by atoms with E-state index >= 15 is 0 Å². The van der Waals surface area contributed by atoms with Gasteiger partial charge in [-0.3, -0.25) is 0 Å². The van der Waals surface area contributed by atoms with E-state index in [1.807, 2.05) is 0 Å². The van der Waals surface area contributed by atoms with E-state index in [4.69, 9.17) is 0 Å². The van der Waals surface area contributed by atoms with Crippen LogP contribution in [0, 0.1) is 5.92 Å². The number of benzene rings is 1. The normalized spacial score (nSPS) is 11.2. The zero-order valence-corrected chi connectivity index (χ0v) is 7.83. The van der Waals surface area contributed by atoms with Crippen LogP contribution in [0.5, 0.6) is 0 Å². The molecule has 0 unspecified atom stereocenters. The fourth-order valence-electron chi connectivity index (χ4n) is 1.09. The highest BCUT2D eigenvalue weighted by atomic mass is 13.9. The lowest BCUT2D eigenvalue weighted by atomic mass is 10.1. The van der Waals surface area contributed by atoms with Gasteiger partial charge in [0.2, 0.25) is 0 Å². The van der Waals surface area contributed by atoms with Gasteiger partial charge in [0.05, 0.1) is 0 Å². The van der Waals surface area contributed by atoms with Gasteiger partial charge in [-0.1, -0.05) is 56.3 Å². The maximum Gasteiger partial charge on any atom is -0.00974 e. The van der Waals surface area contributed by atoms with Crippen LogP contribution in [0.1, 0.15) is 19.4 Å². The van der Waals surface area contributed by atoms with Gasteiger partial charge in [0.15, 0.2) is 0 Å². The van der Waals surface area contributed by atoms with Gasteiger partial charge in [0.25, 0.3) is 0 Å². The van der Waals surface area contributed by atoms with Gasteiger partial charge < -0.3 is 0 Å². The van der Waals surface area contributed by atoms with Crippen molar-refractivity contribution in [3.05, 3.63) is 48.0 Å². The number of hydrogen-bond acceptors (Lipinski definition) is 0. The van der Waals surface area contributed by atoms with Gasteiger partial charge in [-0.25, -0.2) is 0 Å². The molecular formula is C12H16. The van der Waals surface area contributed by atoms with Crippen LogP contribution in [0.25, 0.3) is 0 Å². The Labute approximate surface area is 74.9 Å². The molecule has 0 bridgehead atoms. The molecule has 0 aliphatic rings. The van der Waals surface area contributed by atoms with E-state index in [0.29, 0.717) is 5.92 Å². The first-order valence-corrected chi connectivity index (χ1v) is 4.49. The molecule has 0 radical (unpaired) electrons. The standard InChI is InChI=1S/C12H16/c1-11(2)7-6-10-12-8-4-3-5-9-12/h3-9,11H,10H2,1-2H3/b7-6+. The first-order valence-electron chi connectivity index (χ1n) is 4.49. The van der Waals surface area contributed by atoms with Crippen molar-refractivity contribution >= 4 is 0 Å². The van der Waals surface area contributed by atoms with Gasteiger partial charge in [0, 0.05) is 0 Å². The zero-order valence-electron chi connectivity index (χ0n) is 7.83. The molecule has 0 spiro atoms. The average Bonchev–Trinajstić information content (AvgIpc) is 2.05. The molecule has 0 fully saturated rings. The second kappa shape index (κ2) is 4.76. The molecule has 0 heteroatoms. The molecule has 1 aromatic carbocycles. The lowest BCUT2D eigenvalue weighted by molar-refractivity contribution is 0.827. The molecule has 0 aliphatic carbocycles. The Bertz CT molecular complexity index is 231. The first kappa shape index (κ1) is 9.05. The molecule has 0 saturated carbocycles. The van der Waals surface area contributed by atoms with Gasteiger partial charge in [0.1, 0.15) is 0 Å². The van der Waals surface area contributed by atoms with E-state index in [1.165, 1.54) is 5.56 Å². The van der Waals surface area contributed by atoms with E-state index in [2.05, 4.69) is 56.3 Å². The Hall–Kier alpha value is -1.04. The Kier molecular flexibility index (Phi) is 3.59. The molecule has 1 rings (SSSR count). The summed E-state index contributed by atoms with van der Waals surface area (Å²) in [5, 5.41) is 0. The van der Waals surface area contributed by atoms with Crippen molar-refractivity contribution in [3.8, 4) is 0 Å². The van der Waals surface area contributed by atoms with Crippen molar-refractivity contribution in [2.75, 3.05) is 0 Å². The Morgan fingerprint density at radius 1 is 1.17 bits per heavy atom. The number of rotatable bonds is 3. The maximum absolute atomic E-state index is 2.24. The van der Waals surface area contributed by atoms with Crippen LogP contribution in [0.4, 0.5) is 0 Å². The zero-order chi connectivity index (χ0) is 8.81. The summed E-state index contributed by atoms with van der Waals surface area (Å²) in [5.74, 6) is 0.661. The SMILES string of the molecule is CC(C)/C=C/Cc1ccccc1. The lowest BCUT2D eigenvalue weighted by Gasteiger charge is -1.95. The molecule has 0 nitrogen and oxygen atoms in total. The maximum atomic E-state index is 2.24. The molecule has 1 aromatic rings. The van der Waals surface area contributed by atoms with Crippen LogP contribution in [-0.4, -0.2) is 0 Å². The fraction of sp³-hybridized carbons (Fsp3) is 0.333. The highest BCUT2D eigenvalue weighted by Gasteiger charge is 1.86. The minimum atomic E-state index is 0.661. The summed E-state index contributed by atoms with van der Waals surface area (Å²) in [6.07, 6.45) is 5.53. The van der Waals surface area contributed by atoms with Crippen LogP contribution in [0.3, 0.4) is 0 Å². The van der Waals surface area contributed by atoms with Gasteiger partial charge >= 0.3 is 0 Å². The predicted octanol–water partition coefficient (Wildman–Crippen LogP) is 3.44. The molecule has 0 aliphatic heterocycles. The lowest BCUT2D eigenvalue weighted by Crippen LogP contribution is -1.81. The van der Waals surface area contributed by atoms with Crippen molar-refractivity contribution in [1.82, 2.24) is 0 Å². The van der Waals surface area contributed by atoms with Crippen LogP contribution >= 0.6 is 0 Å².